The maximum Gasteiger partial charge on any atom is 0.337 e. The fraction of sp³-hybridized carbons (Fsp3) is 0.800. The highest BCUT2D eigenvalue weighted by atomic mass is 16.6. The van der Waals surface area contributed by atoms with Gasteiger partial charge in [0.25, 0.3) is 0 Å². The van der Waals surface area contributed by atoms with Gasteiger partial charge in [-0.1, -0.05) is 20.3 Å². The van der Waals surface area contributed by atoms with E-state index in [-0.39, 0.29) is 28.6 Å². The lowest BCUT2D eigenvalue weighted by molar-refractivity contribution is -0.176. The lowest BCUT2D eigenvalue weighted by atomic mass is 9.40. The Kier molecular flexibility index (Phi) is 3.48. The maximum atomic E-state index is 12.4. The number of fused-ring (bicyclic) bond motifs is 4. The highest BCUT2D eigenvalue weighted by Crippen LogP contribution is 2.69. The Hall–Kier alpha value is -1.36. The predicted octanol–water partition coefficient (Wildman–Crippen LogP) is 3.27. The molecule has 6 atom stereocenters. The molecule has 0 aromatic rings. The Balaban J connectivity index is 1.79. The molecule has 1 heterocycles. The smallest absolute Gasteiger partial charge is 0.337 e. The number of carbonyl (C=O) groups is 2. The summed E-state index contributed by atoms with van der Waals surface area (Å²) < 4.78 is 5.12. The van der Waals surface area contributed by atoms with Crippen LogP contribution in [0.4, 0.5) is 0 Å². The third-order valence-electron chi connectivity index (χ3n) is 8.30. The fourth-order valence-corrected chi connectivity index (χ4v) is 7.16. The molecule has 0 radical (unpaired) electrons. The van der Waals surface area contributed by atoms with E-state index in [0.29, 0.717) is 12.0 Å². The van der Waals surface area contributed by atoms with Gasteiger partial charge >= 0.3 is 11.9 Å². The summed E-state index contributed by atoms with van der Waals surface area (Å²) in [5.41, 5.74) is 0.370. The molecule has 5 heteroatoms. The Labute approximate surface area is 148 Å². The van der Waals surface area contributed by atoms with Gasteiger partial charge in [0.05, 0.1) is 5.41 Å². The van der Waals surface area contributed by atoms with E-state index in [1.54, 1.807) is 0 Å². The highest BCUT2D eigenvalue weighted by Gasteiger charge is 2.64. The van der Waals surface area contributed by atoms with Crippen molar-refractivity contribution >= 4 is 11.9 Å². The first-order chi connectivity index (χ1) is 11.6. The van der Waals surface area contributed by atoms with E-state index in [0.717, 1.165) is 44.1 Å². The summed E-state index contributed by atoms with van der Waals surface area (Å²) in [7, 11) is 0. The number of ether oxygens (including phenoxy) is 1. The van der Waals surface area contributed by atoms with Crippen LogP contribution in [0.5, 0.6) is 0 Å². The molecular formula is C20H28O5. The maximum absolute atomic E-state index is 12.4. The van der Waals surface area contributed by atoms with Crippen molar-refractivity contribution in [1.29, 1.82) is 0 Å². The summed E-state index contributed by atoms with van der Waals surface area (Å²) in [4.78, 5) is 24.5. The van der Waals surface area contributed by atoms with Gasteiger partial charge in [0.2, 0.25) is 6.29 Å². The van der Waals surface area contributed by atoms with Gasteiger partial charge in [0.15, 0.2) is 0 Å². The number of aliphatic hydroxyl groups excluding tert-OH is 1. The van der Waals surface area contributed by atoms with Gasteiger partial charge in [-0.25, -0.2) is 4.79 Å². The lowest BCUT2D eigenvalue weighted by Gasteiger charge is -2.63. The molecule has 1 unspecified atom stereocenters. The number of esters is 1. The molecule has 3 aliphatic carbocycles. The molecular weight excluding hydrogens is 320 g/mol. The third kappa shape index (κ3) is 1.99. The fourth-order valence-electron chi connectivity index (χ4n) is 7.16. The standard InChI is InChI=1S/C20H28O5/c1-18-8-4-9-20(3,17(23)24)13(18)7-10-19(2)12(18)6-5-11-14(19)16(22)25-15(11)21/h12-13,15,21H,4-10H2,1-3H3,(H,23,24)/t12-,13-,15?,18-,19-,20+/m1/s1. The van der Waals surface area contributed by atoms with Crippen LogP contribution >= 0.6 is 0 Å². The zero-order valence-corrected chi connectivity index (χ0v) is 15.3. The van der Waals surface area contributed by atoms with Crippen molar-refractivity contribution in [2.24, 2.45) is 28.1 Å². The highest BCUT2D eigenvalue weighted by molar-refractivity contribution is 5.94. The Bertz CT molecular complexity index is 682. The molecule has 1 aliphatic heterocycles. The topological polar surface area (TPSA) is 83.8 Å². The van der Waals surface area contributed by atoms with E-state index in [1.807, 2.05) is 6.92 Å². The SMILES string of the molecule is C[C@]12CCC[C@](C)(C(=O)O)[C@@H]1CC[C@@]1(C)C3=C(CC[C@H]21)C(O)OC3=O. The van der Waals surface area contributed by atoms with E-state index >= 15 is 0 Å². The average Bonchev–Trinajstić information content (AvgIpc) is 2.82. The van der Waals surface area contributed by atoms with E-state index in [4.69, 9.17) is 4.74 Å². The van der Waals surface area contributed by atoms with Crippen LogP contribution in [0.1, 0.15) is 65.7 Å². The summed E-state index contributed by atoms with van der Waals surface area (Å²) in [6.07, 6.45) is 4.76. The van der Waals surface area contributed by atoms with Gasteiger partial charge in [0, 0.05) is 16.6 Å². The van der Waals surface area contributed by atoms with E-state index in [1.165, 1.54) is 0 Å². The number of rotatable bonds is 1. The number of carboxylic acids is 1. The van der Waals surface area contributed by atoms with Crippen molar-refractivity contribution < 1.29 is 24.5 Å². The van der Waals surface area contributed by atoms with Crippen molar-refractivity contribution in [3.05, 3.63) is 11.1 Å². The monoisotopic (exact) mass is 348 g/mol. The normalized spacial score (nSPS) is 49.1. The van der Waals surface area contributed by atoms with Gasteiger partial charge < -0.3 is 14.9 Å². The molecule has 4 aliphatic rings. The molecule has 25 heavy (non-hydrogen) atoms. The Morgan fingerprint density at radius 1 is 1.12 bits per heavy atom. The first-order valence-corrected chi connectivity index (χ1v) is 9.50. The molecule has 2 fully saturated rings. The number of hydrogen-bond acceptors (Lipinski definition) is 4. The van der Waals surface area contributed by atoms with Crippen LogP contribution in [-0.2, 0) is 14.3 Å². The van der Waals surface area contributed by atoms with Crippen molar-refractivity contribution in [3.8, 4) is 0 Å². The molecule has 0 aromatic heterocycles. The molecule has 0 amide bonds. The number of carbonyl (C=O) groups excluding carboxylic acids is 1. The zero-order valence-electron chi connectivity index (χ0n) is 15.3. The Morgan fingerprint density at radius 2 is 1.84 bits per heavy atom. The van der Waals surface area contributed by atoms with Gasteiger partial charge in [-0.15, -0.1) is 0 Å². The van der Waals surface area contributed by atoms with E-state index < -0.39 is 17.7 Å². The van der Waals surface area contributed by atoms with Crippen molar-refractivity contribution in [1.82, 2.24) is 0 Å². The molecule has 138 valence electrons. The van der Waals surface area contributed by atoms with E-state index in [2.05, 4.69) is 13.8 Å². The number of cyclic esters (lactones) is 1. The third-order valence-corrected chi connectivity index (χ3v) is 8.30. The van der Waals surface area contributed by atoms with Crippen LogP contribution in [0.15, 0.2) is 11.1 Å². The summed E-state index contributed by atoms with van der Waals surface area (Å²) in [5.74, 6) is -0.657. The van der Waals surface area contributed by atoms with Crippen LogP contribution in [0.3, 0.4) is 0 Å². The van der Waals surface area contributed by atoms with Crippen LogP contribution in [0, 0.1) is 28.1 Å². The number of carboxylic acid groups (broad SMARTS) is 1. The predicted molar refractivity (Wildman–Crippen MR) is 90.4 cm³/mol. The summed E-state index contributed by atoms with van der Waals surface area (Å²) in [6.45, 7) is 6.31. The largest absolute Gasteiger partial charge is 0.481 e. The summed E-state index contributed by atoms with van der Waals surface area (Å²) >= 11 is 0. The van der Waals surface area contributed by atoms with Gasteiger partial charge in [-0.2, -0.15) is 0 Å². The van der Waals surface area contributed by atoms with E-state index in [9.17, 15) is 19.8 Å². The van der Waals surface area contributed by atoms with Gasteiger partial charge in [0.1, 0.15) is 0 Å². The van der Waals surface area contributed by atoms with Gasteiger partial charge in [-0.05, 0) is 62.7 Å². The van der Waals surface area contributed by atoms with Crippen molar-refractivity contribution in [3.63, 3.8) is 0 Å². The van der Waals surface area contributed by atoms with Crippen molar-refractivity contribution in [2.45, 2.75) is 72.0 Å². The quantitative estimate of drug-likeness (QED) is 0.711. The van der Waals surface area contributed by atoms with Crippen LogP contribution < -0.4 is 0 Å². The van der Waals surface area contributed by atoms with Crippen LogP contribution in [-0.4, -0.2) is 28.4 Å². The molecule has 0 spiro atoms. The molecule has 0 saturated heterocycles. The minimum Gasteiger partial charge on any atom is -0.481 e. The summed E-state index contributed by atoms with van der Waals surface area (Å²) in [5, 5.41) is 20.0. The van der Waals surface area contributed by atoms with Crippen LogP contribution in [0.2, 0.25) is 0 Å². The zero-order chi connectivity index (χ0) is 18.2. The van der Waals surface area contributed by atoms with Crippen molar-refractivity contribution in [2.75, 3.05) is 0 Å². The lowest BCUT2D eigenvalue weighted by Crippen LogP contribution is -2.58. The minimum absolute atomic E-state index is 0.0925. The first kappa shape index (κ1) is 17.1. The first-order valence-electron chi connectivity index (χ1n) is 9.50. The molecule has 0 aromatic carbocycles. The average molecular weight is 348 g/mol. The second kappa shape index (κ2) is 5.09. The summed E-state index contributed by atoms with van der Waals surface area (Å²) in [6, 6.07) is 0. The molecule has 0 bridgehead atoms. The molecule has 5 nitrogen and oxygen atoms in total. The Morgan fingerprint density at radius 3 is 2.52 bits per heavy atom. The molecule has 2 saturated carbocycles. The number of aliphatic carboxylic acids is 1. The second-order valence-electron chi connectivity index (χ2n) is 9.34. The number of hydrogen-bond donors (Lipinski definition) is 2. The molecule has 4 rings (SSSR count). The van der Waals surface area contributed by atoms with Crippen LogP contribution in [0.25, 0.3) is 0 Å². The minimum atomic E-state index is -1.08. The number of aliphatic hydroxyl groups is 1. The molecule has 2 N–H and O–H groups in total. The second-order valence-corrected chi connectivity index (χ2v) is 9.34. The van der Waals surface area contributed by atoms with Gasteiger partial charge in [-0.3, -0.25) is 4.79 Å².